The highest BCUT2D eigenvalue weighted by atomic mass is 16.2. The standard InChI is InChI=1S/C21H26N4O2/c1-4-25(5-2)19-11-9-17(10-12-19)14-23-24-20(26)15-22-21(27)18-8-6-7-16(3)13-18/h6-14H,4-5,15H2,1-3H3,(H,22,27)(H,24,26)/b23-14+. The predicted molar refractivity (Wildman–Crippen MR) is 109 cm³/mol. The first kappa shape index (κ1) is 20.2. The smallest absolute Gasteiger partial charge is 0.259 e. The molecular formula is C21H26N4O2. The van der Waals surface area contributed by atoms with Crippen LogP contribution in [0.15, 0.2) is 53.6 Å². The monoisotopic (exact) mass is 366 g/mol. The number of rotatable bonds is 8. The van der Waals surface area contributed by atoms with Crippen LogP contribution in [-0.4, -0.2) is 37.7 Å². The summed E-state index contributed by atoms with van der Waals surface area (Å²) in [5, 5.41) is 6.51. The van der Waals surface area contributed by atoms with Crippen molar-refractivity contribution < 1.29 is 9.59 Å². The molecule has 0 aromatic heterocycles. The lowest BCUT2D eigenvalue weighted by Crippen LogP contribution is -2.34. The van der Waals surface area contributed by atoms with E-state index in [4.69, 9.17) is 0 Å². The summed E-state index contributed by atoms with van der Waals surface area (Å²) >= 11 is 0. The fraction of sp³-hybridized carbons (Fsp3) is 0.286. The zero-order chi connectivity index (χ0) is 19.6. The van der Waals surface area contributed by atoms with Gasteiger partial charge in [0.1, 0.15) is 0 Å². The Labute approximate surface area is 160 Å². The van der Waals surface area contributed by atoms with Gasteiger partial charge in [0.15, 0.2) is 0 Å². The number of aryl methyl sites for hydroxylation is 1. The molecule has 2 aromatic carbocycles. The van der Waals surface area contributed by atoms with Crippen molar-refractivity contribution in [2.75, 3.05) is 24.5 Å². The lowest BCUT2D eigenvalue weighted by atomic mass is 10.1. The van der Waals surface area contributed by atoms with Crippen LogP contribution in [0.2, 0.25) is 0 Å². The molecule has 2 rings (SSSR count). The second kappa shape index (κ2) is 10.1. The van der Waals surface area contributed by atoms with Crippen LogP contribution in [0.3, 0.4) is 0 Å². The van der Waals surface area contributed by atoms with Gasteiger partial charge in [0.25, 0.3) is 11.8 Å². The van der Waals surface area contributed by atoms with Gasteiger partial charge < -0.3 is 10.2 Å². The molecule has 2 aromatic rings. The third kappa shape index (κ3) is 6.26. The quantitative estimate of drug-likeness (QED) is 0.557. The predicted octanol–water partition coefficient (Wildman–Crippen LogP) is 2.72. The van der Waals surface area contributed by atoms with E-state index < -0.39 is 0 Å². The van der Waals surface area contributed by atoms with Gasteiger partial charge in [-0.15, -0.1) is 0 Å². The van der Waals surface area contributed by atoms with Crippen LogP contribution in [-0.2, 0) is 4.79 Å². The molecule has 0 aliphatic carbocycles. The lowest BCUT2D eigenvalue weighted by molar-refractivity contribution is -0.120. The van der Waals surface area contributed by atoms with E-state index in [2.05, 4.69) is 34.6 Å². The molecule has 0 spiro atoms. The largest absolute Gasteiger partial charge is 0.372 e. The molecule has 0 aliphatic rings. The zero-order valence-electron chi connectivity index (χ0n) is 16.0. The van der Waals surface area contributed by atoms with Gasteiger partial charge in [0.2, 0.25) is 0 Å². The summed E-state index contributed by atoms with van der Waals surface area (Å²) in [6.45, 7) is 7.92. The molecule has 0 aliphatic heterocycles. The molecule has 2 N–H and O–H groups in total. The molecule has 2 amide bonds. The number of hydrazone groups is 1. The van der Waals surface area contributed by atoms with E-state index >= 15 is 0 Å². The molecule has 0 radical (unpaired) electrons. The van der Waals surface area contributed by atoms with Crippen molar-refractivity contribution in [1.82, 2.24) is 10.7 Å². The summed E-state index contributed by atoms with van der Waals surface area (Å²) in [6, 6.07) is 15.1. The van der Waals surface area contributed by atoms with Crippen molar-refractivity contribution in [3.05, 3.63) is 65.2 Å². The van der Waals surface area contributed by atoms with Gasteiger partial charge in [-0.3, -0.25) is 9.59 Å². The van der Waals surface area contributed by atoms with Gasteiger partial charge in [0, 0.05) is 24.3 Å². The van der Waals surface area contributed by atoms with E-state index in [9.17, 15) is 9.59 Å². The fourth-order valence-electron chi connectivity index (χ4n) is 2.63. The molecule has 0 unspecified atom stereocenters. The number of nitrogens with zero attached hydrogens (tertiary/aromatic N) is 2. The van der Waals surface area contributed by atoms with Gasteiger partial charge >= 0.3 is 0 Å². The first-order chi connectivity index (χ1) is 13.0. The van der Waals surface area contributed by atoms with Gasteiger partial charge in [-0.2, -0.15) is 5.10 Å². The summed E-state index contributed by atoms with van der Waals surface area (Å²) in [5.74, 6) is -0.670. The molecule has 6 nitrogen and oxygen atoms in total. The lowest BCUT2D eigenvalue weighted by Gasteiger charge is -2.20. The molecule has 0 fully saturated rings. The summed E-state index contributed by atoms with van der Waals surface area (Å²) in [4.78, 5) is 26.1. The van der Waals surface area contributed by atoms with E-state index in [0.717, 1.165) is 29.9 Å². The van der Waals surface area contributed by atoms with Crippen LogP contribution < -0.4 is 15.6 Å². The molecule has 27 heavy (non-hydrogen) atoms. The Bertz CT molecular complexity index is 796. The van der Waals surface area contributed by atoms with Crippen LogP contribution in [0.1, 0.15) is 35.3 Å². The Balaban J connectivity index is 1.80. The van der Waals surface area contributed by atoms with Crippen LogP contribution in [0.25, 0.3) is 0 Å². The van der Waals surface area contributed by atoms with Crippen molar-refractivity contribution in [3.8, 4) is 0 Å². The molecule has 142 valence electrons. The van der Waals surface area contributed by atoms with Crippen molar-refractivity contribution in [3.63, 3.8) is 0 Å². The number of nitrogens with one attached hydrogen (secondary N) is 2. The molecule has 0 saturated carbocycles. The number of carbonyl (C=O) groups is 2. The van der Waals surface area contributed by atoms with Crippen LogP contribution in [0.4, 0.5) is 5.69 Å². The Kier molecular flexibility index (Phi) is 7.55. The van der Waals surface area contributed by atoms with Gasteiger partial charge in [-0.05, 0) is 50.6 Å². The normalized spacial score (nSPS) is 10.6. The topological polar surface area (TPSA) is 73.8 Å². The van der Waals surface area contributed by atoms with Gasteiger partial charge in [-0.25, -0.2) is 5.43 Å². The van der Waals surface area contributed by atoms with Crippen molar-refractivity contribution in [1.29, 1.82) is 0 Å². The maximum Gasteiger partial charge on any atom is 0.259 e. The third-order valence-corrected chi connectivity index (χ3v) is 4.11. The minimum Gasteiger partial charge on any atom is -0.372 e. The van der Waals surface area contributed by atoms with Crippen LogP contribution in [0, 0.1) is 6.92 Å². The maximum absolute atomic E-state index is 12.0. The molecule has 0 saturated heterocycles. The summed E-state index contributed by atoms with van der Waals surface area (Å²) in [7, 11) is 0. The molecule has 0 heterocycles. The number of hydrogen-bond donors (Lipinski definition) is 2. The number of hydrogen-bond acceptors (Lipinski definition) is 4. The Morgan fingerprint density at radius 3 is 2.41 bits per heavy atom. The highest BCUT2D eigenvalue weighted by Gasteiger charge is 2.07. The number of amides is 2. The first-order valence-corrected chi connectivity index (χ1v) is 9.05. The van der Waals surface area contributed by atoms with E-state index in [1.165, 1.54) is 0 Å². The third-order valence-electron chi connectivity index (χ3n) is 4.11. The molecule has 0 atom stereocenters. The zero-order valence-corrected chi connectivity index (χ0v) is 16.0. The highest BCUT2D eigenvalue weighted by molar-refractivity contribution is 5.96. The minimum absolute atomic E-state index is 0.134. The Morgan fingerprint density at radius 2 is 1.78 bits per heavy atom. The van der Waals surface area contributed by atoms with Crippen LogP contribution >= 0.6 is 0 Å². The number of anilines is 1. The second-order valence-electron chi connectivity index (χ2n) is 6.11. The summed E-state index contributed by atoms with van der Waals surface area (Å²) < 4.78 is 0. The molecule has 6 heteroatoms. The average Bonchev–Trinajstić information content (AvgIpc) is 2.68. The van der Waals surface area contributed by atoms with E-state index in [0.29, 0.717) is 5.56 Å². The second-order valence-corrected chi connectivity index (χ2v) is 6.11. The average molecular weight is 366 g/mol. The van der Waals surface area contributed by atoms with E-state index in [-0.39, 0.29) is 18.4 Å². The van der Waals surface area contributed by atoms with Crippen molar-refractivity contribution in [2.45, 2.75) is 20.8 Å². The minimum atomic E-state index is -0.382. The highest BCUT2D eigenvalue weighted by Crippen LogP contribution is 2.13. The van der Waals surface area contributed by atoms with Crippen LogP contribution in [0.5, 0.6) is 0 Å². The maximum atomic E-state index is 12.0. The summed E-state index contributed by atoms with van der Waals surface area (Å²) in [6.07, 6.45) is 1.58. The van der Waals surface area contributed by atoms with E-state index in [1.54, 1.807) is 24.4 Å². The molecular weight excluding hydrogens is 340 g/mol. The van der Waals surface area contributed by atoms with Crippen molar-refractivity contribution >= 4 is 23.7 Å². The van der Waals surface area contributed by atoms with Gasteiger partial charge in [-0.1, -0.05) is 29.8 Å². The summed E-state index contributed by atoms with van der Waals surface area (Å²) in [5.41, 5.74) is 5.97. The number of benzene rings is 2. The van der Waals surface area contributed by atoms with Crippen molar-refractivity contribution in [2.24, 2.45) is 5.10 Å². The van der Waals surface area contributed by atoms with Gasteiger partial charge in [0.05, 0.1) is 12.8 Å². The van der Waals surface area contributed by atoms with E-state index in [1.807, 2.05) is 37.3 Å². The first-order valence-electron chi connectivity index (χ1n) is 9.05. The Hall–Kier alpha value is -3.15. The molecule has 0 bridgehead atoms. The Morgan fingerprint density at radius 1 is 1.07 bits per heavy atom. The number of carbonyl (C=O) groups excluding carboxylic acids is 2. The SMILES string of the molecule is CCN(CC)c1ccc(/C=N/NC(=O)CNC(=O)c2cccc(C)c2)cc1. The fourth-order valence-corrected chi connectivity index (χ4v) is 2.63.